The lowest BCUT2D eigenvalue weighted by Crippen LogP contribution is -2.11. The van der Waals surface area contributed by atoms with Gasteiger partial charge in [-0.1, -0.05) is 31.0 Å². The quantitative estimate of drug-likeness (QED) is 0.834. The molecule has 3 N–H and O–H groups in total. The van der Waals surface area contributed by atoms with Crippen molar-refractivity contribution in [2.24, 2.45) is 11.7 Å². The van der Waals surface area contributed by atoms with Crippen LogP contribution in [-0.4, -0.2) is 5.11 Å². The molecule has 0 heterocycles. The van der Waals surface area contributed by atoms with Crippen LogP contribution >= 0.6 is 12.4 Å². The predicted molar refractivity (Wildman–Crippen MR) is 64.4 cm³/mol. The Morgan fingerprint density at radius 1 is 1.47 bits per heavy atom. The van der Waals surface area contributed by atoms with Crippen molar-refractivity contribution in [2.45, 2.75) is 32.2 Å². The van der Waals surface area contributed by atoms with Gasteiger partial charge < -0.3 is 10.8 Å². The van der Waals surface area contributed by atoms with Crippen molar-refractivity contribution in [1.82, 2.24) is 0 Å². The number of phenols is 1. The number of phenolic OH excluding ortho intramolecular Hbond substituents is 1. The Bertz CT molecular complexity index is 336. The van der Waals surface area contributed by atoms with Gasteiger partial charge in [0.2, 0.25) is 0 Å². The zero-order valence-corrected chi connectivity index (χ0v) is 9.76. The lowest BCUT2D eigenvalue weighted by atomic mass is 9.99. The fraction of sp³-hybridized carbons (Fsp3) is 0.500. The topological polar surface area (TPSA) is 46.2 Å². The van der Waals surface area contributed by atoms with Gasteiger partial charge in [-0.3, -0.25) is 0 Å². The van der Waals surface area contributed by atoms with E-state index in [0.29, 0.717) is 5.75 Å². The highest BCUT2D eigenvalue weighted by Gasteiger charge is 2.25. The number of para-hydroxylation sites is 1. The van der Waals surface area contributed by atoms with Gasteiger partial charge in [0.25, 0.3) is 0 Å². The molecule has 1 fully saturated rings. The normalized spacial score (nSPS) is 16.9. The Morgan fingerprint density at radius 3 is 2.73 bits per heavy atom. The molecule has 3 heteroatoms. The van der Waals surface area contributed by atoms with Gasteiger partial charge in [0.05, 0.1) is 0 Å². The first-order valence-corrected chi connectivity index (χ1v) is 5.22. The third kappa shape index (κ3) is 2.86. The van der Waals surface area contributed by atoms with Crippen molar-refractivity contribution < 1.29 is 5.11 Å². The molecule has 0 aromatic heterocycles. The molecular weight excluding hydrogens is 210 g/mol. The summed E-state index contributed by atoms with van der Waals surface area (Å²) in [5.41, 5.74) is 7.86. The predicted octanol–water partition coefficient (Wildman–Crippen LogP) is 2.92. The molecule has 1 aromatic carbocycles. The number of halogens is 1. The molecule has 0 radical (unpaired) electrons. The van der Waals surface area contributed by atoms with Crippen LogP contribution in [0.25, 0.3) is 0 Å². The van der Waals surface area contributed by atoms with E-state index in [1.165, 1.54) is 12.8 Å². The van der Waals surface area contributed by atoms with Gasteiger partial charge in [-0.25, -0.2) is 0 Å². The molecule has 0 unspecified atom stereocenters. The summed E-state index contributed by atoms with van der Waals surface area (Å²) >= 11 is 0. The summed E-state index contributed by atoms with van der Waals surface area (Å²) < 4.78 is 0. The molecule has 2 nitrogen and oxygen atoms in total. The molecule has 0 aliphatic heterocycles. The third-order valence-electron chi connectivity index (χ3n) is 2.95. The lowest BCUT2D eigenvalue weighted by Gasteiger charge is -2.14. The molecule has 84 valence electrons. The molecule has 0 bridgehead atoms. The average molecular weight is 228 g/mol. The first-order valence-electron chi connectivity index (χ1n) is 5.22. The first-order chi connectivity index (χ1) is 6.68. The fourth-order valence-corrected chi connectivity index (χ4v) is 1.82. The minimum atomic E-state index is 0. The highest BCUT2D eigenvalue weighted by molar-refractivity contribution is 5.85. The molecule has 1 aliphatic carbocycles. The van der Waals surface area contributed by atoms with Crippen LogP contribution in [0.1, 0.15) is 36.4 Å². The maximum atomic E-state index is 9.82. The van der Waals surface area contributed by atoms with Gasteiger partial charge in [0.15, 0.2) is 0 Å². The number of benzene rings is 1. The van der Waals surface area contributed by atoms with Crippen LogP contribution in [0.4, 0.5) is 0 Å². The fourth-order valence-electron chi connectivity index (χ4n) is 1.82. The Kier molecular flexibility index (Phi) is 4.00. The van der Waals surface area contributed by atoms with Crippen LogP contribution in [0.2, 0.25) is 0 Å². The lowest BCUT2D eigenvalue weighted by molar-refractivity contribution is 0.451. The molecular formula is C12H18ClNO. The van der Waals surface area contributed by atoms with E-state index < -0.39 is 0 Å². The Hall–Kier alpha value is -0.730. The minimum Gasteiger partial charge on any atom is -0.507 e. The van der Waals surface area contributed by atoms with Gasteiger partial charge in [-0.05, 0) is 24.8 Å². The number of rotatable bonds is 3. The smallest absolute Gasteiger partial charge is 0.123 e. The molecule has 0 spiro atoms. The van der Waals surface area contributed by atoms with E-state index in [-0.39, 0.29) is 18.4 Å². The summed E-state index contributed by atoms with van der Waals surface area (Å²) in [6, 6.07) is 5.79. The highest BCUT2D eigenvalue weighted by Crippen LogP contribution is 2.38. The number of aromatic hydroxyl groups is 1. The Labute approximate surface area is 96.9 Å². The second-order valence-electron chi connectivity index (χ2n) is 4.30. The molecule has 0 amide bonds. The van der Waals surface area contributed by atoms with Crippen LogP contribution in [-0.2, 0) is 0 Å². The second-order valence-corrected chi connectivity index (χ2v) is 4.30. The van der Waals surface area contributed by atoms with E-state index in [2.05, 4.69) is 0 Å². The van der Waals surface area contributed by atoms with Gasteiger partial charge in [-0.15, -0.1) is 12.4 Å². The maximum absolute atomic E-state index is 9.82. The molecule has 2 rings (SSSR count). The molecule has 15 heavy (non-hydrogen) atoms. The summed E-state index contributed by atoms with van der Waals surface area (Å²) in [6.45, 7) is 1.91. The van der Waals surface area contributed by atoms with Crippen LogP contribution in [0.15, 0.2) is 18.2 Å². The van der Waals surface area contributed by atoms with E-state index in [0.717, 1.165) is 23.5 Å². The van der Waals surface area contributed by atoms with Crippen molar-refractivity contribution in [2.75, 3.05) is 0 Å². The molecule has 0 saturated heterocycles. The molecule has 1 saturated carbocycles. The highest BCUT2D eigenvalue weighted by atomic mass is 35.5. The van der Waals surface area contributed by atoms with Gasteiger partial charge in [0.1, 0.15) is 5.75 Å². The van der Waals surface area contributed by atoms with Crippen LogP contribution in [0, 0.1) is 12.8 Å². The monoisotopic (exact) mass is 227 g/mol. The molecule has 1 atom stereocenters. The number of hydrogen-bond donors (Lipinski definition) is 2. The zero-order valence-electron chi connectivity index (χ0n) is 8.94. The third-order valence-corrected chi connectivity index (χ3v) is 2.95. The van der Waals surface area contributed by atoms with E-state index in [4.69, 9.17) is 5.73 Å². The second kappa shape index (κ2) is 4.86. The number of hydrogen-bond acceptors (Lipinski definition) is 2. The van der Waals surface area contributed by atoms with Crippen LogP contribution < -0.4 is 5.73 Å². The first kappa shape index (κ1) is 12.3. The van der Waals surface area contributed by atoms with Crippen molar-refractivity contribution in [3.63, 3.8) is 0 Å². The van der Waals surface area contributed by atoms with E-state index in [9.17, 15) is 5.11 Å². The summed E-state index contributed by atoms with van der Waals surface area (Å²) in [6.07, 6.45) is 3.62. The van der Waals surface area contributed by atoms with Gasteiger partial charge in [-0.2, -0.15) is 0 Å². The van der Waals surface area contributed by atoms with Crippen molar-refractivity contribution in [1.29, 1.82) is 0 Å². The summed E-state index contributed by atoms with van der Waals surface area (Å²) in [5.74, 6) is 1.17. The largest absolute Gasteiger partial charge is 0.507 e. The summed E-state index contributed by atoms with van der Waals surface area (Å²) in [5, 5.41) is 9.82. The number of nitrogens with two attached hydrogens (primary N) is 1. The van der Waals surface area contributed by atoms with E-state index in [1.807, 2.05) is 25.1 Å². The SMILES string of the molecule is Cc1cccc([C@H](N)CC2CC2)c1O.Cl. The average Bonchev–Trinajstić information content (AvgIpc) is 2.93. The van der Waals surface area contributed by atoms with Crippen LogP contribution in [0.5, 0.6) is 5.75 Å². The van der Waals surface area contributed by atoms with Gasteiger partial charge in [0, 0.05) is 11.6 Å². The Morgan fingerprint density at radius 2 is 2.13 bits per heavy atom. The standard InChI is InChI=1S/C12H17NO.ClH/c1-8-3-2-4-10(12(8)14)11(13)7-9-5-6-9;/h2-4,9,11,14H,5-7,13H2,1H3;1H/t11-;/m1./s1. The number of aryl methyl sites for hydroxylation is 1. The van der Waals surface area contributed by atoms with E-state index in [1.54, 1.807) is 0 Å². The summed E-state index contributed by atoms with van der Waals surface area (Å²) in [7, 11) is 0. The molecule has 1 aromatic rings. The van der Waals surface area contributed by atoms with Gasteiger partial charge >= 0.3 is 0 Å². The summed E-state index contributed by atoms with van der Waals surface area (Å²) in [4.78, 5) is 0. The van der Waals surface area contributed by atoms with Crippen molar-refractivity contribution in [3.8, 4) is 5.75 Å². The zero-order chi connectivity index (χ0) is 10.1. The van der Waals surface area contributed by atoms with Crippen molar-refractivity contribution in [3.05, 3.63) is 29.3 Å². The van der Waals surface area contributed by atoms with Crippen molar-refractivity contribution >= 4 is 12.4 Å². The maximum Gasteiger partial charge on any atom is 0.123 e. The minimum absolute atomic E-state index is 0. The van der Waals surface area contributed by atoms with Crippen LogP contribution in [0.3, 0.4) is 0 Å². The molecule has 1 aliphatic rings. The Balaban J connectivity index is 0.00000112. The van der Waals surface area contributed by atoms with E-state index >= 15 is 0 Å².